The van der Waals surface area contributed by atoms with E-state index in [4.69, 9.17) is 17.3 Å². The minimum Gasteiger partial charge on any atom is -0.369 e. The summed E-state index contributed by atoms with van der Waals surface area (Å²) in [6, 6.07) is 4.61. The second kappa shape index (κ2) is 7.99. The van der Waals surface area contributed by atoms with Crippen LogP contribution in [0.3, 0.4) is 0 Å². The van der Waals surface area contributed by atoms with Gasteiger partial charge >= 0.3 is 0 Å². The molecule has 0 aromatic heterocycles. The lowest BCUT2D eigenvalue weighted by Crippen LogP contribution is -2.60. The van der Waals surface area contributed by atoms with Crippen LogP contribution in [0.2, 0.25) is 5.02 Å². The first kappa shape index (κ1) is 23.5. The van der Waals surface area contributed by atoms with E-state index in [0.29, 0.717) is 42.2 Å². The Morgan fingerprint density at radius 3 is 2.47 bits per heavy atom. The Hall–Kier alpha value is -1.64. The number of amides is 2. The van der Waals surface area contributed by atoms with Gasteiger partial charge in [-0.3, -0.25) is 9.59 Å². The molecule has 4 rings (SSSR count). The standard InChI is InChI=1S/C23H32ClN3O4S/c1-13-9-16-12-22(10-13,20(25)28)11-14(2)19(16)26-21(29)23(7-8-23)27-32(30,31)18-6-4-5-17(24)15(18)3/h4-6,13-14,16,19,27H,7-12H2,1-3H3,(H2,25,28)(H,26,29). The molecule has 0 saturated heterocycles. The van der Waals surface area contributed by atoms with Gasteiger partial charge in [0.15, 0.2) is 0 Å². The van der Waals surface area contributed by atoms with Gasteiger partial charge in [0.2, 0.25) is 21.8 Å². The Balaban J connectivity index is 1.51. The Kier molecular flexibility index (Phi) is 5.87. The van der Waals surface area contributed by atoms with Gasteiger partial charge < -0.3 is 11.1 Å². The first-order chi connectivity index (χ1) is 14.9. The van der Waals surface area contributed by atoms with Crippen molar-refractivity contribution < 1.29 is 18.0 Å². The third-order valence-corrected chi connectivity index (χ3v) is 9.86. The maximum Gasteiger partial charge on any atom is 0.241 e. The Labute approximate surface area is 194 Å². The molecule has 2 amide bonds. The number of sulfonamides is 1. The molecule has 0 heterocycles. The molecule has 176 valence electrons. The number of carbonyl (C=O) groups is 2. The van der Waals surface area contributed by atoms with Crippen LogP contribution in [0.4, 0.5) is 0 Å². The maximum atomic E-state index is 13.3. The largest absolute Gasteiger partial charge is 0.369 e. The lowest BCUT2D eigenvalue weighted by atomic mass is 9.54. The van der Waals surface area contributed by atoms with Gasteiger partial charge in [-0.1, -0.05) is 31.5 Å². The van der Waals surface area contributed by atoms with E-state index in [1.54, 1.807) is 19.1 Å². The van der Waals surface area contributed by atoms with Crippen LogP contribution >= 0.6 is 11.6 Å². The van der Waals surface area contributed by atoms with Crippen molar-refractivity contribution in [3.05, 3.63) is 28.8 Å². The molecule has 1 aromatic rings. The van der Waals surface area contributed by atoms with Gasteiger partial charge in [-0.2, -0.15) is 4.72 Å². The van der Waals surface area contributed by atoms with Crippen LogP contribution in [0.15, 0.2) is 23.1 Å². The highest BCUT2D eigenvalue weighted by Gasteiger charge is 2.56. The van der Waals surface area contributed by atoms with Gasteiger partial charge in [-0.15, -0.1) is 0 Å². The summed E-state index contributed by atoms with van der Waals surface area (Å²) in [5, 5.41) is 3.52. The van der Waals surface area contributed by atoms with E-state index >= 15 is 0 Å². The van der Waals surface area contributed by atoms with Crippen molar-refractivity contribution in [2.75, 3.05) is 0 Å². The first-order valence-electron chi connectivity index (χ1n) is 11.3. The van der Waals surface area contributed by atoms with Gasteiger partial charge in [-0.25, -0.2) is 8.42 Å². The topological polar surface area (TPSA) is 118 Å². The Bertz CT molecular complexity index is 1050. The lowest BCUT2D eigenvalue weighted by Gasteiger charge is -2.52. The molecule has 2 bridgehead atoms. The Morgan fingerprint density at radius 2 is 1.84 bits per heavy atom. The third-order valence-electron chi connectivity index (χ3n) is 7.77. The number of nitrogens with two attached hydrogens (primary N) is 1. The smallest absolute Gasteiger partial charge is 0.241 e. The van der Waals surface area contributed by atoms with Crippen molar-refractivity contribution in [1.29, 1.82) is 0 Å². The number of fused-ring (bicyclic) bond motifs is 2. The minimum atomic E-state index is -3.91. The molecular weight excluding hydrogens is 450 g/mol. The molecule has 3 fully saturated rings. The average Bonchev–Trinajstić information content (AvgIpc) is 3.46. The summed E-state index contributed by atoms with van der Waals surface area (Å²) >= 11 is 6.10. The van der Waals surface area contributed by atoms with Gasteiger partial charge in [0.25, 0.3) is 0 Å². The van der Waals surface area contributed by atoms with E-state index in [2.05, 4.69) is 17.0 Å². The number of hydrogen-bond donors (Lipinski definition) is 3. The molecule has 3 saturated carbocycles. The fraction of sp³-hybridized carbons (Fsp3) is 0.652. The second-order valence-electron chi connectivity index (χ2n) is 10.4. The van der Waals surface area contributed by atoms with Crippen molar-refractivity contribution in [2.45, 2.75) is 75.8 Å². The fourth-order valence-electron chi connectivity index (χ4n) is 6.13. The number of benzene rings is 1. The molecule has 0 radical (unpaired) electrons. The molecular formula is C23H32ClN3O4S. The molecule has 3 aliphatic rings. The zero-order chi connectivity index (χ0) is 23.5. The molecule has 3 aliphatic carbocycles. The van der Waals surface area contributed by atoms with Crippen LogP contribution in [-0.4, -0.2) is 31.8 Å². The highest BCUT2D eigenvalue weighted by atomic mass is 35.5. The van der Waals surface area contributed by atoms with Crippen molar-refractivity contribution >= 4 is 33.4 Å². The molecule has 5 unspecified atom stereocenters. The maximum absolute atomic E-state index is 13.3. The number of halogens is 1. The third kappa shape index (κ3) is 4.05. The van der Waals surface area contributed by atoms with Crippen molar-refractivity contribution in [3.8, 4) is 0 Å². The van der Waals surface area contributed by atoms with Crippen molar-refractivity contribution in [3.63, 3.8) is 0 Å². The van der Waals surface area contributed by atoms with Crippen molar-refractivity contribution in [1.82, 2.24) is 10.0 Å². The second-order valence-corrected chi connectivity index (χ2v) is 12.4. The van der Waals surface area contributed by atoms with Gasteiger partial charge in [0.05, 0.1) is 4.90 Å². The molecule has 32 heavy (non-hydrogen) atoms. The Morgan fingerprint density at radius 1 is 1.16 bits per heavy atom. The molecule has 4 N–H and O–H groups in total. The molecule has 1 aromatic carbocycles. The zero-order valence-corrected chi connectivity index (χ0v) is 20.4. The summed E-state index contributed by atoms with van der Waals surface area (Å²) in [5.41, 5.74) is 4.62. The van der Waals surface area contributed by atoms with E-state index in [1.165, 1.54) is 6.07 Å². The monoisotopic (exact) mass is 481 g/mol. The molecule has 0 aliphatic heterocycles. The number of hydrogen-bond acceptors (Lipinski definition) is 4. The highest BCUT2D eigenvalue weighted by molar-refractivity contribution is 7.89. The summed E-state index contributed by atoms with van der Waals surface area (Å²) in [4.78, 5) is 25.7. The van der Waals surface area contributed by atoms with E-state index in [-0.39, 0.29) is 34.6 Å². The predicted molar refractivity (Wildman–Crippen MR) is 122 cm³/mol. The number of nitrogens with one attached hydrogen (secondary N) is 2. The SMILES string of the molecule is Cc1c(Cl)cccc1S(=O)(=O)NC1(C(=O)NC2C(C)CC3(C(N)=O)CC(C)CC2C3)CC1. The summed E-state index contributed by atoms with van der Waals surface area (Å²) < 4.78 is 28.8. The minimum absolute atomic E-state index is 0.0836. The molecule has 0 spiro atoms. The summed E-state index contributed by atoms with van der Waals surface area (Å²) in [6.45, 7) is 5.82. The van der Waals surface area contributed by atoms with Crippen LogP contribution in [0, 0.1) is 30.1 Å². The summed E-state index contributed by atoms with van der Waals surface area (Å²) in [7, 11) is -3.91. The zero-order valence-electron chi connectivity index (χ0n) is 18.8. The number of carbonyl (C=O) groups excluding carboxylic acids is 2. The van der Waals surface area contributed by atoms with Crippen LogP contribution in [0.5, 0.6) is 0 Å². The van der Waals surface area contributed by atoms with E-state index in [9.17, 15) is 18.0 Å². The van der Waals surface area contributed by atoms with Gasteiger partial charge in [-0.05, 0) is 80.9 Å². The van der Waals surface area contributed by atoms with Crippen LogP contribution < -0.4 is 15.8 Å². The number of primary amides is 1. The number of rotatable bonds is 6. The molecule has 7 nitrogen and oxygen atoms in total. The summed E-state index contributed by atoms with van der Waals surface area (Å²) in [6.07, 6.45) is 3.95. The molecule has 9 heteroatoms. The quantitative estimate of drug-likeness (QED) is 0.578. The normalized spacial score (nSPS) is 33.4. The van der Waals surface area contributed by atoms with E-state index < -0.39 is 21.0 Å². The van der Waals surface area contributed by atoms with Crippen LogP contribution in [0.25, 0.3) is 0 Å². The predicted octanol–water partition coefficient (Wildman–Crippen LogP) is 2.89. The van der Waals surface area contributed by atoms with Crippen molar-refractivity contribution in [2.24, 2.45) is 28.9 Å². The van der Waals surface area contributed by atoms with E-state index in [0.717, 1.165) is 12.8 Å². The summed E-state index contributed by atoms with van der Waals surface area (Å²) in [5.74, 6) is 0.0607. The van der Waals surface area contributed by atoms with Crippen LogP contribution in [-0.2, 0) is 19.6 Å². The van der Waals surface area contributed by atoms with Crippen LogP contribution in [0.1, 0.15) is 57.9 Å². The average molecular weight is 482 g/mol. The first-order valence-corrected chi connectivity index (χ1v) is 13.2. The highest BCUT2D eigenvalue weighted by Crippen LogP contribution is 2.53. The lowest BCUT2D eigenvalue weighted by molar-refractivity contribution is -0.138. The van der Waals surface area contributed by atoms with Gasteiger partial charge in [0.1, 0.15) is 5.54 Å². The molecule has 5 atom stereocenters. The fourth-order valence-corrected chi connectivity index (χ4v) is 8.05. The van der Waals surface area contributed by atoms with E-state index in [1.807, 2.05) is 6.92 Å². The van der Waals surface area contributed by atoms with Gasteiger partial charge in [0, 0.05) is 16.5 Å².